The van der Waals surface area contributed by atoms with E-state index in [2.05, 4.69) is 176 Å². The van der Waals surface area contributed by atoms with E-state index in [1.807, 2.05) is 12.1 Å². The summed E-state index contributed by atoms with van der Waals surface area (Å²) in [5.41, 5.74) is 20.0. The van der Waals surface area contributed by atoms with Crippen molar-refractivity contribution in [3.63, 3.8) is 0 Å². The number of nitrogens with zero attached hydrogens (tertiary/aromatic N) is 2. The van der Waals surface area contributed by atoms with E-state index in [9.17, 15) is 0 Å². The number of furan rings is 1. The lowest BCUT2D eigenvalue weighted by Gasteiger charge is -2.47. The fourth-order valence-electron chi connectivity index (χ4n) is 9.04. The molecule has 0 atom stereocenters. The molecule has 3 nitrogen and oxygen atoms in total. The quantitative estimate of drug-likeness (QED) is 0.173. The van der Waals surface area contributed by atoms with Crippen LogP contribution >= 0.6 is 0 Å². The Morgan fingerprint density at radius 2 is 1.26 bits per heavy atom. The van der Waals surface area contributed by atoms with Crippen LogP contribution in [0.3, 0.4) is 0 Å². The third kappa shape index (κ3) is 4.55. The number of benzene rings is 7. The van der Waals surface area contributed by atoms with Crippen LogP contribution in [0.25, 0.3) is 33.4 Å². The first-order chi connectivity index (χ1) is 25.9. The zero-order valence-electron chi connectivity index (χ0n) is 30.1. The molecule has 4 heteroatoms. The molecular formula is C49H37BN2O. The lowest BCUT2D eigenvalue weighted by Crippen LogP contribution is -2.62. The van der Waals surface area contributed by atoms with Crippen LogP contribution in [0.15, 0.2) is 162 Å². The first-order valence-electron chi connectivity index (χ1n) is 18.7. The molecule has 8 aromatic rings. The molecule has 0 fully saturated rings. The van der Waals surface area contributed by atoms with E-state index in [4.69, 9.17) is 4.42 Å². The summed E-state index contributed by atoms with van der Waals surface area (Å²) < 4.78 is 6.30. The molecule has 3 aliphatic rings. The van der Waals surface area contributed by atoms with E-state index in [-0.39, 0.29) is 12.1 Å². The molecule has 0 N–H and O–H groups in total. The molecular weight excluding hydrogens is 643 g/mol. The van der Waals surface area contributed by atoms with E-state index < -0.39 is 0 Å². The normalized spacial score (nSPS) is 13.8. The minimum atomic E-state index is 0.00409. The van der Waals surface area contributed by atoms with Gasteiger partial charge in [-0.3, -0.25) is 0 Å². The fraction of sp³-hybridized carbons (Fsp3) is 0.102. The van der Waals surface area contributed by atoms with Crippen LogP contribution in [-0.4, -0.2) is 6.71 Å². The SMILES string of the molecule is CC(C)(C)c1ccc2c(c1)B1c3cccc4c3N(c3ccccc3C4)c3cc(-c4ccccc4)cc(c31)N2c1ccc(-c2cc3ccccc3o2)cc1. The largest absolute Gasteiger partial charge is 0.456 e. The molecule has 0 saturated heterocycles. The van der Waals surface area contributed by atoms with Crippen molar-refractivity contribution in [2.75, 3.05) is 9.80 Å². The summed E-state index contributed by atoms with van der Waals surface area (Å²) in [7, 11) is 0. The minimum Gasteiger partial charge on any atom is -0.456 e. The summed E-state index contributed by atoms with van der Waals surface area (Å²) in [6.07, 6.45) is 0.932. The molecule has 0 bridgehead atoms. The fourth-order valence-corrected chi connectivity index (χ4v) is 9.04. The Morgan fingerprint density at radius 3 is 2.08 bits per heavy atom. The molecule has 0 unspecified atom stereocenters. The van der Waals surface area contributed by atoms with Gasteiger partial charge in [-0.15, -0.1) is 0 Å². The predicted molar refractivity (Wildman–Crippen MR) is 223 cm³/mol. The predicted octanol–water partition coefficient (Wildman–Crippen LogP) is 11.1. The van der Waals surface area contributed by atoms with Gasteiger partial charge in [-0.1, -0.05) is 118 Å². The summed E-state index contributed by atoms with van der Waals surface area (Å²) in [5.74, 6) is 0.881. The molecule has 7 aromatic carbocycles. The van der Waals surface area contributed by atoms with Crippen LogP contribution in [0, 0.1) is 0 Å². The third-order valence-electron chi connectivity index (χ3n) is 11.6. The maximum atomic E-state index is 6.30. The second kappa shape index (κ2) is 11.1. The van der Waals surface area contributed by atoms with Gasteiger partial charge in [0.05, 0.1) is 0 Å². The van der Waals surface area contributed by atoms with Gasteiger partial charge >= 0.3 is 0 Å². The van der Waals surface area contributed by atoms with Crippen molar-refractivity contribution in [1.82, 2.24) is 0 Å². The smallest absolute Gasteiger partial charge is 0.252 e. The Hall–Kier alpha value is -6.26. The Labute approximate surface area is 310 Å². The number of anilines is 6. The van der Waals surface area contributed by atoms with Crippen molar-refractivity contribution in [1.29, 1.82) is 0 Å². The van der Waals surface area contributed by atoms with Crippen molar-refractivity contribution in [2.45, 2.75) is 32.6 Å². The number of para-hydroxylation sites is 3. The molecule has 3 aliphatic heterocycles. The molecule has 11 rings (SSSR count). The number of hydrogen-bond donors (Lipinski definition) is 0. The highest BCUT2D eigenvalue weighted by Crippen LogP contribution is 2.50. The second-order valence-electron chi connectivity index (χ2n) is 15.8. The van der Waals surface area contributed by atoms with Crippen LogP contribution < -0.4 is 26.2 Å². The summed E-state index contributed by atoms with van der Waals surface area (Å²) in [6, 6.07) is 58.2. The zero-order chi connectivity index (χ0) is 35.4. The third-order valence-corrected chi connectivity index (χ3v) is 11.6. The molecule has 0 saturated carbocycles. The molecule has 0 radical (unpaired) electrons. The Bertz CT molecular complexity index is 2720. The summed E-state index contributed by atoms with van der Waals surface area (Å²) in [6.45, 7) is 7.05. The summed E-state index contributed by atoms with van der Waals surface area (Å²) in [5, 5.41) is 1.12. The van der Waals surface area contributed by atoms with Crippen LogP contribution in [0.5, 0.6) is 0 Å². The Kier molecular flexibility index (Phi) is 6.37. The second-order valence-corrected chi connectivity index (χ2v) is 15.8. The van der Waals surface area contributed by atoms with Gasteiger partial charge in [0.2, 0.25) is 0 Å². The van der Waals surface area contributed by atoms with Crippen molar-refractivity contribution < 1.29 is 4.42 Å². The van der Waals surface area contributed by atoms with Crippen LogP contribution in [-0.2, 0) is 11.8 Å². The molecule has 0 amide bonds. The van der Waals surface area contributed by atoms with Gasteiger partial charge in [0, 0.05) is 51.5 Å². The summed E-state index contributed by atoms with van der Waals surface area (Å²) in [4.78, 5) is 5.09. The van der Waals surface area contributed by atoms with Gasteiger partial charge < -0.3 is 14.2 Å². The monoisotopic (exact) mass is 680 g/mol. The molecule has 53 heavy (non-hydrogen) atoms. The van der Waals surface area contributed by atoms with Crippen LogP contribution in [0.2, 0.25) is 0 Å². The topological polar surface area (TPSA) is 19.6 Å². The molecule has 0 spiro atoms. The molecule has 252 valence electrons. The summed E-state index contributed by atoms with van der Waals surface area (Å²) >= 11 is 0. The average molecular weight is 681 g/mol. The van der Waals surface area contributed by atoms with Gasteiger partial charge in [0.15, 0.2) is 0 Å². The molecule has 0 aliphatic carbocycles. The van der Waals surface area contributed by atoms with Crippen molar-refractivity contribution in [3.8, 4) is 22.5 Å². The van der Waals surface area contributed by atoms with E-state index in [1.165, 1.54) is 72.6 Å². The first kappa shape index (κ1) is 30.4. The van der Waals surface area contributed by atoms with Crippen molar-refractivity contribution in [2.24, 2.45) is 0 Å². The van der Waals surface area contributed by atoms with E-state index in [0.29, 0.717) is 0 Å². The average Bonchev–Trinajstić information content (AvgIpc) is 3.63. The van der Waals surface area contributed by atoms with Gasteiger partial charge in [-0.25, -0.2) is 0 Å². The van der Waals surface area contributed by atoms with Crippen LogP contribution in [0.1, 0.15) is 37.5 Å². The van der Waals surface area contributed by atoms with Crippen molar-refractivity contribution >= 4 is 68.2 Å². The minimum absolute atomic E-state index is 0.00409. The highest BCUT2D eigenvalue weighted by atomic mass is 16.3. The van der Waals surface area contributed by atoms with E-state index >= 15 is 0 Å². The van der Waals surface area contributed by atoms with Gasteiger partial charge in [-0.05, 0) is 110 Å². The number of hydrogen-bond acceptors (Lipinski definition) is 3. The van der Waals surface area contributed by atoms with E-state index in [1.54, 1.807) is 0 Å². The highest BCUT2D eigenvalue weighted by molar-refractivity contribution is 7.00. The molecule has 1 aromatic heterocycles. The Morgan fingerprint density at radius 1 is 0.528 bits per heavy atom. The first-order valence-corrected chi connectivity index (χ1v) is 18.7. The maximum Gasteiger partial charge on any atom is 0.252 e. The van der Waals surface area contributed by atoms with Crippen LogP contribution in [0.4, 0.5) is 34.1 Å². The van der Waals surface area contributed by atoms with Gasteiger partial charge in [-0.2, -0.15) is 0 Å². The van der Waals surface area contributed by atoms with Gasteiger partial charge in [0.1, 0.15) is 11.3 Å². The lowest BCUT2D eigenvalue weighted by molar-refractivity contribution is 0.591. The van der Waals surface area contributed by atoms with Gasteiger partial charge in [0.25, 0.3) is 6.71 Å². The number of rotatable bonds is 3. The number of fused-ring (bicyclic) bond motifs is 7. The van der Waals surface area contributed by atoms with E-state index in [0.717, 1.165) is 34.4 Å². The van der Waals surface area contributed by atoms with Crippen molar-refractivity contribution in [3.05, 3.63) is 174 Å². The Balaban J connectivity index is 1.20. The maximum absolute atomic E-state index is 6.30. The highest BCUT2D eigenvalue weighted by Gasteiger charge is 2.45. The zero-order valence-corrected chi connectivity index (χ0v) is 30.1. The molecule has 4 heterocycles. The standard InChI is InChI=1S/C49H37BN2O/c1-49(2,3)37-22-25-42-40(30-37)50-39-17-11-16-35-26-33-14-7-9-18-41(33)52(48(35)39)44-28-36(31-12-5-4-6-13-31)27-43(47(44)50)51(42)38-23-20-32(21-24-38)46-29-34-15-8-10-19-45(34)53-46/h4-25,27-30H,26H2,1-3H3. The lowest BCUT2D eigenvalue weighted by atomic mass is 9.33.